The van der Waals surface area contributed by atoms with E-state index in [-0.39, 0.29) is 24.1 Å². The van der Waals surface area contributed by atoms with Crippen molar-refractivity contribution in [3.63, 3.8) is 0 Å². The number of carbonyl (C=O) groups excluding carboxylic acids is 3. The van der Waals surface area contributed by atoms with Crippen molar-refractivity contribution >= 4 is 68.9 Å². The Labute approximate surface area is 206 Å². The molecule has 1 aliphatic heterocycles. The van der Waals surface area contributed by atoms with Crippen LogP contribution in [0.15, 0.2) is 91.0 Å². The Balaban J connectivity index is 1.41. The summed E-state index contributed by atoms with van der Waals surface area (Å²) in [4.78, 5) is 39.3. The van der Waals surface area contributed by atoms with Crippen LogP contribution in [0.25, 0.3) is 16.8 Å². The fraction of sp³-hybridized carbons (Fsp3) is 0.0357. The van der Waals surface area contributed by atoms with Crippen LogP contribution in [0.5, 0.6) is 0 Å². The van der Waals surface area contributed by atoms with Crippen molar-refractivity contribution in [2.24, 2.45) is 0 Å². The van der Waals surface area contributed by atoms with Crippen LogP contribution in [-0.2, 0) is 14.4 Å². The molecule has 4 aromatic rings. The fourth-order valence-corrected chi connectivity index (χ4v) is 4.25. The van der Waals surface area contributed by atoms with Gasteiger partial charge in [-0.2, -0.15) is 0 Å². The summed E-state index contributed by atoms with van der Waals surface area (Å²) in [7, 11) is 0. The summed E-state index contributed by atoms with van der Waals surface area (Å²) in [6, 6.07) is 25.6. The largest absolute Gasteiger partial charge is 0.323 e. The first-order valence-corrected chi connectivity index (χ1v) is 11.4. The average molecular weight is 482 g/mol. The topological polar surface area (TPSA) is 78.5 Å². The van der Waals surface area contributed by atoms with Gasteiger partial charge >= 0.3 is 0 Å². The number of hydrogen-bond acceptors (Lipinski definition) is 3. The van der Waals surface area contributed by atoms with E-state index >= 15 is 0 Å². The molecule has 7 heteroatoms. The summed E-state index contributed by atoms with van der Waals surface area (Å²) in [5, 5.41) is 8.06. The third-order valence-corrected chi connectivity index (χ3v) is 6.03. The molecule has 4 aromatic carbocycles. The third-order valence-electron chi connectivity index (χ3n) is 5.69. The number of hydrogen-bond donors (Lipinski definition) is 2. The predicted molar refractivity (Wildman–Crippen MR) is 140 cm³/mol. The van der Waals surface area contributed by atoms with Crippen LogP contribution in [0, 0.1) is 0 Å². The van der Waals surface area contributed by atoms with E-state index in [1.165, 1.54) is 11.0 Å². The van der Waals surface area contributed by atoms with E-state index < -0.39 is 0 Å². The molecule has 1 aliphatic rings. The Bertz CT molecular complexity index is 1500. The van der Waals surface area contributed by atoms with Crippen LogP contribution < -0.4 is 15.5 Å². The maximum atomic E-state index is 13.0. The number of halogens is 1. The van der Waals surface area contributed by atoms with Gasteiger partial charge in [0.25, 0.3) is 0 Å². The molecule has 172 valence electrons. The van der Waals surface area contributed by atoms with E-state index in [2.05, 4.69) is 10.6 Å². The zero-order valence-electron chi connectivity index (χ0n) is 18.5. The number of rotatable bonds is 4. The SMILES string of the molecule is O=C(C=Cc1ccccc1Cl)Nc1ccc(N2C(=O)CC(=O)Nc3c2ccc2ccccc32)cc1. The summed E-state index contributed by atoms with van der Waals surface area (Å²) in [6.07, 6.45) is 2.79. The van der Waals surface area contributed by atoms with Crippen LogP contribution in [0.2, 0.25) is 5.02 Å². The molecule has 0 radical (unpaired) electrons. The van der Waals surface area contributed by atoms with Gasteiger partial charge in [-0.25, -0.2) is 0 Å². The molecule has 6 nitrogen and oxygen atoms in total. The first-order chi connectivity index (χ1) is 17.0. The highest BCUT2D eigenvalue weighted by molar-refractivity contribution is 6.32. The number of anilines is 4. The van der Waals surface area contributed by atoms with Crippen LogP contribution in [0.4, 0.5) is 22.7 Å². The first kappa shape index (κ1) is 22.4. The Hall–Kier alpha value is -4.42. The average Bonchev–Trinajstić information content (AvgIpc) is 2.98. The van der Waals surface area contributed by atoms with Gasteiger partial charge in [-0.3, -0.25) is 19.3 Å². The van der Waals surface area contributed by atoms with Gasteiger partial charge in [0.2, 0.25) is 17.7 Å². The van der Waals surface area contributed by atoms with E-state index in [0.717, 1.165) is 16.3 Å². The smallest absolute Gasteiger partial charge is 0.248 e. The maximum absolute atomic E-state index is 13.0. The minimum absolute atomic E-state index is 0.270. The highest BCUT2D eigenvalue weighted by Crippen LogP contribution is 2.40. The molecule has 2 N–H and O–H groups in total. The summed E-state index contributed by atoms with van der Waals surface area (Å²) in [6.45, 7) is 0. The van der Waals surface area contributed by atoms with Crippen molar-refractivity contribution in [2.75, 3.05) is 15.5 Å². The second-order valence-electron chi connectivity index (χ2n) is 8.03. The summed E-state index contributed by atoms with van der Waals surface area (Å²) >= 11 is 6.12. The van der Waals surface area contributed by atoms with Crippen LogP contribution in [0.1, 0.15) is 12.0 Å². The van der Waals surface area contributed by atoms with Gasteiger partial charge in [-0.1, -0.05) is 60.1 Å². The fourth-order valence-electron chi connectivity index (χ4n) is 4.05. The molecule has 5 rings (SSSR count). The second-order valence-corrected chi connectivity index (χ2v) is 8.43. The van der Waals surface area contributed by atoms with E-state index in [1.807, 2.05) is 54.6 Å². The highest BCUT2D eigenvalue weighted by atomic mass is 35.5. The highest BCUT2D eigenvalue weighted by Gasteiger charge is 2.28. The van der Waals surface area contributed by atoms with Crippen LogP contribution >= 0.6 is 11.6 Å². The number of benzene rings is 4. The minimum Gasteiger partial charge on any atom is -0.323 e. The normalized spacial score (nSPS) is 13.5. The molecule has 35 heavy (non-hydrogen) atoms. The van der Waals surface area contributed by atoms with Crippen molar-refractivity contribution in [3.8, 4) is 0 Å². The molecule has 1 heterocycles. The Kier molecular flexibility index (Phi) is 6.04. The third kappa shape index (κ3) is 4.65. The van der Waals surface area contributed by atoms with Crippen molar-refractivity contribution in [2.45, 2.75) is 6.42 Å². The van der Waals surface area contributed by atoms with Crippen molar-refractivity contribution in [1.29, 1.82) is 0 Å². The van der Waals surface area contributed by atoms with E-state index in [4.69, 9.17) is 11.6 Å². The molecule has 0 saturated carbocycles. The molecule has 0 atom stereocenters. The van der Waals surface area contributed by atoms with Gasteiger partial charge in [0.1, 0.15) is 6.42 Å². The molecule has 0 fully saturated rings. The van der Waals surface area contributed by atoms with Gasteiger partial charge in [0.05, 0.1) is 11.4 Å². The van der Waals surface area contributed by atoms with E-state index in [1.54, 1.807) is 36.4 Å². The van der Waals surface area contributed by atoms with Gasteiger partial charge in [0.15, 0.2) is 0 Å². The lowest BCUT2D eigenvalue weighted by atomic mass is 10.1. The van der Waals surface area contributed by atoms with Gasteiger partial charge < -0.3 is 10.6 Å². The molecule has 0 aromatic heterocycles. The number of nitrogens with zero attached hydrogens (tertiary/aromatic N) is 1. The van der Waals surface area contributed by atoms with Crippen LogP contribution in [-0.4, -0.2) is 17.7 Å². The summed E-state index contributed by atoms with van der Waals surface area (Å²) < 4.78 is 0. The summed E-state index contributed by atoms with van der Waals surface area (Å²) in [5.74, 6) is -1.00. The second kappa shape index (κ2) is 9.44. The standard InChI is InChI=1S/C28H20ClN3O3/c29-23-8-4-2-6-19(23)10-16-25(33)30-20-11-13-21(14-12-20)32-24-15-9-18-5-1-3-7-22(18)28(24)31-26(34)17-27(32)35/h1-16H,17H2,(H,30,33)(H,31,34). The van der Waals surface area contributed by atoms with Crippen molar-refractivity contribution in [3.05, 3.63) is 102 Å². The van der Waals surface area contributed by atoms with Crippen molar-refractivity contribution < 1.29 is 14.4 Å². The zero-order chi connectivity index (χ0) is 24.4. The molecule has 0 saturated heterocycles. The number of amides is 3. The molecule has 0 aliphatic carbocycles. The van der Waals surface area contributed by atoms with Gasteiger partial charge in [-0.05, 0) is 53.4 Å². The van der Waals surface area contributed by atoms with Crippen LogP contribution in [0.3, 0.4) is 0 Å². The van der Waals surface area contributed by atoms with Crippen molar-refractivity contribution in [1.82, 2.24) is 0 Å². The predicted octanol–water partition coefficient (Wildman–Crippen LogP) is 6.15. The molecule has 0 spiro atoms. The quantitative estimate of drug-likeness (QED) is 0.271. The zero-order valence-corrected chi connectivity index (χ0v) is 19.3. The van der Waals surface area contributed by atoms with Gasteiger partial charge in [0, 0.05) is 27.9 Å². The number of nitrogens with one attached hydrogen (secondary N) is 2. The Morgan fingerprint density at radius 1 is 0.914 bits per heavy atom. The molecule has 0 bridgehead atoms. The summed E-state index contributed by atoms with van der Waals surface area (Å²) in [5.41, 5.74) is 3.10. The van der Waals surface area contributed by atoms with Gasteiger partial charge in [-0.15, -0.1) is 0 Å². The Morgan fingerprint density at radius 2 is 1.66 bits per heavy atom. The monoisotopic (exact) mass is 481 g/mol. The molecule has 0 unspecified atom stereocenters. The number of fused-ring (bicyclic) bond motifs is 3. The lowest BCUT2D eigenvalue weighted by Gasteiger charge is -2.23. The van der Waals surface area contributed by atoms with E-state index in [0.29, 0.717) is 27.8 Å². The first-order valence-electron chi connectivity index (χ1n) is 11.0. The maximum Gasteiger partial charge on any atom is 0.248 e. The lowest BCUT2D eigenvalue weighted by Crippen LogP contribution is -2.26. The minimum atomic E-state index is -0.357. The molecular formula is C28H20ClN3O3. The van der Waals surface area contributed by atoms with E-state index in [9.17, 15) is 14.4 Å². The number of carbonyl (C=O) groups is 3. The molecule has 3 amide bonds. The molecular weight excluding hydrogens is 462 g/mol. The lowest BCUT2D eigenvalue weighted by molar-refractivity contribution is -0.124. The Morgan fingerprint density at radius 3 is 2.46 bits per heavy atom.